The number of carbonyl (C=O) groups is 1. The monoisotopic (exact) mass is 314 g/mol. The smallest absolute Gasteiger partial charge is 0.236 e. The van der Waals surface area contributed by atoms with Crippen molar-refractivity contribution in [3.05, 3.63) is 29.3 Å². The van der Waals surface area contributed by atoms with E-state index in [-0.39, 0.29) is 12.5 Å². The van der Waals surface area contributed by atoms with Crippen LogP contribution in [0, 0.1) is 0 Å². The summed E-state index contributed by atoms with van der Waals surface area (Å²) in [6, 6.07) is 6.97. The van der Waals surface area contributed by atoms with Crippen molar-refractivity contribution in [2.75, 3.05) is 40.3 Å². The van der Waals surface area contributed by atoms with E-state index >= 15 is 0 Å². The van der Waals surface area contributed by atoms with Crippen LogP contribution in [0.25, 0.3) is 0 Å². The number of amides is 1. The van der Waals surface area contributed by atoms with E-state index in [0.717, 1.165) is 0 Å². The van der Waals surface area contributed by atoms with Gasteiger partial charge < -0.3 is 14.7 Å². The maximum Gasteiger partial charge on any atom is 0.236 e. The number of aliphatic hydroxyl groups is 1. The van der Waals surface area contributed by atoms with Crippen LogP contribution < -0.4 is 4.74 Å². The maximum absolute atomic E-state index is 11.7. The number of hydrogen-bond donors (Lipinski definition) is 1. The summed E-state index contributed by atoms with van der Waals surface area (Å²) in [4.78, 5) is 15.1. The molecule has 1 N–H and O–H groups in total. The van der Waals surface area contributed by atoms with Crippen molar-refractivity contribution in [2.24, 2.45) is 0 Å². The van der Waals surface area contributed by atoms with E-state index in [0.29, 0.717) is 30.4 Å². The molecular formula is C15H23ClN2O3. The summed E-state index contributed by atoms with van der Waals surface area (Å²) in [7, 11) is 3.44. The molecule has 0 bridgehead atoms. The quantitative estimate of drug-likeness (QED) is 0.790. The van der Waals surface area contributed by atoms with E-state index in [9.17, 15) is 9.90 Å². The first-order valence-electron chi connectivity index (χ1n) is 6.91. The highest BCUT2D eigenvalue weighted by Gasteiger charge is 2.15. The fraction of sp³-hybridized carbons (Fsp3) is 0.533. The number of benzene rings is 1. The van der Waals surface area contributed by atoms with E-state index in [2.05, 4.69) is 0 Å². The molecule has 0 spiro atoms. The van der Waals surface area contributed by atoms with Gasteiger partial charge in [-0.05, 0) is 30.8 Å². The van der Waals surface area contributed by atoms with E-state index in [1.165, 1.54) is 0 Å². The molecule has 0 fully saturated rings. The fourth-order valence-corrected chi connectivity index (χ4v) is 1.84. The van der Waals surface area contributed by atoms with Gasteiger partial charge in [0.05, 0.1) is 6.54 Å². The van der Waals surface area contributed by atoms with E-state index in [1.54, 1.807) is 43.3 Å². The van der Waals surface area contributed by atoms with Gasteiger partial charge in [-0.1, -0.05) is 18.5 Å². The number of halogens is 1. The topological polar surface area (TPSA) is 53.0 Å². The Bertz CT molecular complexity index is 437. The normalized spacial score (nSPS) is 12.3. The van der Waals surface area contributed by atoms with Gasteiger partial charge >= 0.3 is 0 Å². The Balaban J connectivity index is 2.38. The largest absolute Gasteiger partial charge is 0.491 e. The predicted molar refractivity (Wildman–Crippen MR) is 83.8 cm³/mol. The molecule has 6 heteroatoms. The van der Waals surface area contributed by atoms with Gasteiger partial charge in [0, 0.05) is 25.7 Å². The van der Waals surface area contributed by atoms with Crippen LogP contribution in [0.1, 0.15) is 6.92 Å². The van der Waals surface area contributed by atoms with Crippen LogP contribution in [0.4, 0.5) is 0 Å². The lowest BCUT2D eigenvalue weighted by Crippen LogP contribution is -2.41. The van der Waals surface area contributed by atoms with Crippen molar-refractivity contribution in [1.29, 1.82) is 0 Å². The number of aliphatic hydroxyl groups excluding tert-OH is 1. The zero-order valence-electron chi connectivity index (χ0n) is 12.8. The van der Waals surface area contributed by atoms with Crippen molar-refractivity contribution in [2.45, 2.75) is 13.0 Å². The molecule has 0 aliphatic rings. The molecule has 1 aromatic carbocycles. The lowest BCUT2D eigenvalue weighted by Gasteiger charge is -2.24. The molecule has 0 radical (unpaired) electrons. The van der Waals surface area contributed by atoms with Gasteiger partial charge in [-0.2, -0.15) is 0 Å². The highest BCUT2D eigenvalue weighted by Crippen LogP contribution is 2.15. The number of ether oxygens (including phenoxy) is 1. The number of nitrogens with zero attached hydrogens (tertiary/aromatic N) is 2. The van der Waals surface area contributed by atoms with Crippen LogP contribution in [0.3, 0.4) is 0 Å². The lowest BCUT2D eigenvalue weighted by atomic mass is 10.3. The fourth-order valence-electron chi connectivity index (χ4n) is 1.71. The van der Waals surface area contributed by atoms with Gasteiger partial charge in [0.1, 0.15) is 18.5 Å². The summed E-state index contributed by atoms with van der Waals surface area (Å²) in [5, 5.41) is 10.6. The number of rotatable bonds is 8. The minimum Gasteiger partial charge on any atom is -0.491 e. The van der Waals surface area contributed by atoms with Crippen LogP contribution in [-0.4, -0.2) is 67.3 Å². The first kappa shape index (κ1) is 17.8. The van der Waals surface area contributed by atoms with Crippen molar-refractivity contribution in [1.82, 2.24) is 9.80 Å². The van der Waals surface area contributed by atoms with Gasteiger partial charge in [0.15, 0.2) is 0 Å². The Morgan fingerprint density at radius 1 is 1.33 bits per heavy atom. The van der Waals surface area contributed by atoms with Crippen LogP contribution in [0.2, 0.25) is 5.02 Å². The average molecular weight is 315 g/mol. The molecule has 1 atom stereocenters. The van der Waals surface area contributed by atoms with Gasteiger partial charge in [0.25, 0.3) is 0 Å². The standard InChI is InChI=1S/C15H23ClN2O3/c1-4-18(10-15(20)17(2)3)9-13(19)11-21-14-7-5-12(16)6-8-14/h5-8,13,19H,4,9-11H2,1-3H3/t13-/m1/s1. The number of carbonyl (C=O) groups excluding carboxylic acids is 1. The molecule has 1 amide bonds. The third-order valence-corrected chi connectivity index (χ3v) is 3.28. The Morgan fingerprint density at radius 3 is 2.48 bits per heavy atom. The summed E-state index contributed by atoms with van der Waals surface area (Å²) in [6.07, 6.45) is -0.657. The molecular weight excluding hydrogens is 292 g/mol. The van der Waals surface area contributed by atoms with Crippen LogP contribution in [-0.2, 0) is 4.79 Å². The summed E-state index contributed by atoms with van der Waals surface area (Å²) >= 11 is 5.79. The third kappa shape index (κ3) is 6.80. The highest BCUT2D eigenvalue weighted by molar-refractivity contribution is 6.30. The minimum absolute atomic E-state index is 0.0164. The lowest BCUT2D eigenvalue weighted by molar-refractivity contribution is -0.130. The second kappa shape index (κ2) is 8.87. The first-order chi connectivity index (χ1) is 9.92. The molecule has 5 nitrogen and oxygen atoms in total. The summed E-state index contributed by atoms with van der Waals surface area (Å²) in [6.45, 7) is 3.51. The minimum atomic E-state index is -0.657. The predicted octanol–water partition coefficient (Wildman–Crippen LogP) is 1.49. The summed E-state index contributed by atoms with van der Waals surface area (Å²) < 4.78 is 5.49. The Morgan fingerprint density at radius 2 is 1.95 bits per heavy atom. The van der Waals surface area contributed by atoms with Crippen LogP contribution in [0.15, 0.2) is 24.3 Å². The molecule has 1 rings (SSSR count). The van der Waals surface area contributed by atoms with Gasteiger partial charge in [-0.25, -0.2) is 0 Å². The van der Waals surface area contributed by atoms with Crippen LogP contribution in [0.5, 0.6) is 5.75 Å². The Hall–Kier alpha value is -1.30. The average Bonchev–Trinajstić information content (AvgIpc) is 2.45. The molecule has 0 unspecified atom stereocenters. The van der Waals surface area contributed by atoms with Crippen molar-refractivity contribution in [3.63, 3.8) is 0 Å². The van der Waals surface area contributed by atoms with Crippen LogP contribution >= 0.6 is 11.6 Å². The summed E-state index contributed by atoms with van der Waals surface area (Å²) in [5.41, 5.74) is 0. The highest BCUT2D eigenvalue weighted by atomic mass is 35.5. The Kier molecular flexibility index (Phi) is 7.50. The summed E-state index contributed by atoms with van der Waals surface area (Å²) in [5.74, 6) is 0.675. The van der Waals surface area contributed by atoms with E-state index < -0.39 is 6.10 Å². The maximum atomic E-state index is 11.7. The van der Waals surface area contributed by atoms with Crippen molar-refractivity contribution in [3.8, 4) is 5.75 Å². The number of likely N-dealkylation sites (N-methyl/N-ethyl adjacent to an activating group) is 2. The third-order valence-electron chi connectivity index (χ3n) is 3.03. The molecule has 0 aliphatic carbocycles. The number of hydrogen-bond acceptors (Lipinski definition) is 4. The Labute approximate surface area is 131 Å². The molecule has 0 heterocycles. The molecule has 0 saturated heterocycles. The molecule has 0 aromatic heterocycles. The second-order valence-electron chi connectivity index (χ2n) is 5.03. The van der Waals surface area contributed by atoms with E-state index in [1.807, 2.05) is 11.8 Å². The zero-order chi connectivity index (χ0) is 15.8. The second-order valence-corrected chi connectivity index (χ2v) is 5.47. The molecule has 0 aliphatic heterocycles. The van der Waals surface area contributed by atoms with Gasteiger partial charge in [-0.3, -0.25) is 9.69 Å². The molecule has 118 valence electrons. The van der Waals surface area contributed by atoms with Crippen molar-refractivity contribution < 1.29 is 14.6 Å². The molecule has 0 saturated carbocycles. The van der Waals surface area contributed by atoms with Gasteiger partial charge in [0.2, 0.25) is 5.91 Å². The van der Waals surface area contributed by atoms with E-state index in [4.69, 9.17) is 16.3 Å². The SMILES string of the molecule is CCN(CC(=O)N(C)C)C[C@@H](O)COc1ccc(Cl)cc1. The van der Waals surface area contributed by atoms with Crippen molar-refractivity contribution >= 4 is 17.5 Å². The van der Waals surface area contributed by atoms with Gasteiger partial charge in [-0.15, -0.1) is 0 Å². The molecule has 21 heavy (non-hydrogen) atoms. The zero-order valence-corrected chi connectivity index (χ0v) is 13.5. The molecule has 1 aromatic rings. The first-order valence-corrected chi connectivity index (χ1v) is 7.29.